The van der Waals surface area contributed by atoms with E-state index >= 15 is 0 Å². The van der Waals surface area contributed by atoms with Crippen molar-refractivity contribution in [1.29, 1.82) is 0 Å². The van der Waals surface area contributed by atoms with Gasteiger partial charge in [-0.3, -0.25) is 4.90 Å². The Bertz CT molecular complexity index is 206. The van der Waals surface area contributed by atoms with Crippen molar-refractivity contribution in [2.75, 3.05) is 26.2 Å². The van der Waals surface area contributed by atoms with Crippen molar-refractivity contribution in [3.05, 3.63) is 12.7 Å². The number of morpholine rings is 1. The van der Waals surface area contributed by atoms with Crippen molar-refractivity contribution in [3.63, 3.8) is 0 Å². The zero-order valence-electron chi connectivity index (χ0n) is 10.9. The Kier molecular flexibility index (Phi) is 6.03. The minimum Gasteiger partial charge on any atom is -0.374 e. The van der Waals surface area contributed by atoms with Crippen LogP contribution in [-0.4, -0.2) is 49.3 Å². The second kappa shape index (κ2) is 7.05. The first-order valence-corrected chi connectivity index (χ1v) is 6.33. The molecule has 0 amide bonds. The van der Waals surface area contributed by atoms with Crippen molar-refractivity contribution >= 4 is 0 Å². The lowest BCUT2D eigenvalue weighted by atomic mass is 10.2. The molecule has 1 saturated heterocycles. The van der Waals surface area contributed by atoms with Crippen molar-refractivity contribution in [2.45, 2.75) is 45.4 Å². The standard InChI is InChI=1S/C13H26N2O/c1-5-6-12(4)14-9-13-10-15(11(2)3)7-8-16-13/h5,11-14H,1,6-10H2,2-4H3. The molecule has 0 bridgehead atoms. The van der Waals surface area contributed by atoms with E-state index < -0.39 is 0 Å². The van der Waals surface area contributed by atoms with Crippen LogP contribution in [-0.2, 0) is 4.74 Å². The van der Waals surface area contributed by atoms with Gasteiger partial charge in [-0.15, -0.1) is 6.58 Å². The van der Waals surface area contributed by atoms with Gasteiger partial charge in [-0.2, -0.15) is 0 Å². The van der Waals surface area contributed by atoms with Crippen LogP contribution < -0.4 is 5.32 Å². The van der Waals surface area contributed by atoms with Gasteiger partial charge in [-0.25, -0.2) is 0 Å². The molecule has 0 aliphatic carbocycles. The lowest BCUT2D eigenvalue weighted by molar-refractivity contribution is -0.0379. The highest BCUT2D eigenvalue weighted by Crippen LogP contribution is 2.08. The summed E-state index contributed by atoms with van der Waals surface area (Å²) < 4.78 is 5.76. The van der Waals surface area contributed by atoms with E-state index in [2.05, 4.69) is 37.6 Å². The van der Waals surface area contributed by atoms with Crippen molar-refractivity contribution in [3.8, 4) is 0 Å². The van der Waals surface area contributed by atoms with E-state index in [-0.39, 0.29) is 0 Å². The minimum absolute atomic E-state index is 0.336. The topological polar surface area (TPSA) is 24.5 Å². The summed E-state index contributed by atoms with van der Waals surface area (Å²) in [6.45, 7) is 14.3. The Morgan fingerprint density at radius 3 is 2.88 bits per heavy atom. The summed E-state index contributed by atoms with van der Waals surface area (Å²) in [4.78, 5) is 2.48. The Balaban J connectivity index is 2.23. The number of nitrogens with zero attached hydrogens (tertiary/aromatic N) is 1. The zero-order valence-corrected chi connectivity index (χ0v) is 10.9. The molecule has 16 heavy (non-hydrogen) atoms. The molecule has 1 rings (SSSR count). The maximum Gasteiger partial charge on any atom is 0.0826 e. The maximum atomic E-state index is 5.76. The summed E-state index contributed by atoms with van der Waals surface area (Å²) in [7, 11) is 0. The van der Waals surface area contributed by atoms with Gasteiger partial charge in [0.25, 0.3) is 0 Å². The van der Waals surface area contributed by atoms with E-state index in [1.807, 2.05) is 6.08 Å². The number of ether oxygens (including phenoxy) is 1. The highest BCUT2D eigenvalue weighted by molar-refractivity contribution is 4.79. The SMILES string of the molecule is C=CCC(C)NCC1CN(C(C)C)CCO1. The summed E-state index contributed by atoms with van der Waals surface area (Å²) in [6, 6.07) is 1.12. The number of rotatable bonds is 6. The highest BCUT2D eigenvalue weighted by Gasteiger charge is 2.22. The Morgan fingerprint density at radius 1 is 1.50 bits per heavy atom. The van der Waals surface area contributed by atoms with E-state index in [1.54, 1.807) is 0 Å². The van der Waals surface area contributed by atoms with Crippen molar-refractivity contribution in [2.24, 2.45) is 0 Å². The van der Waals surface area contributed by atoms with Gasteiger partial charge in [0, 0.05) is 31.7 Å². The summed E-state index contributed by atoms with van der Waals surface area (Å²) >= 11 is 0. The molecule has 0 saturated carbocycles. The first-order chi connectivity index (χ1) is 7.63. The zero-order chi connectivity index (χ0) is 12.0. The van der Waals surface area contributed by atoms with Crippen LogP contribution in [0.25, 0.3) is 0 Å². The largest absolute Gasteiger partial charge is 0.374 e. The van der Waals surface area contributed by atoms with Crippen LogP contribution in [0.5, 0.6) is 0 Å². The Hall–Kier alpha value is -0.380. The van der Waals surface area contributed by atoms with E-state index in [0.717, 1.165) is 32.7 Å². The van der Waals surface area contributed by atoms with Gasteiger partial charge >= 0.3 is 0 Å². The summed E-state index contributed by atoms with van der Waals surface area (Å²) in [5, 5.41) is 3.49. The van der Waals surface area contributed by atoms with E-state index in [0.29, 0.717) is 18.2 Å². The maximum absolute atomic E-state index is 5.76. The van der Waals surface area contributed by atoms with Gasteiger partial charge in [-0.05, 0) is 27.2 Å². The van der Waals surface area contributed by atoms with Crippen LogP contribution in [0.3, 0.4) is 0 Å². The lowest BCUT2D eigenvalue weighted by Crippen LogP contribution is -2.49. The van der Waals surface area contributed by atoms with Gasteiger partial charge in [-0.1, -0.05) is 6.08 Å². The summed E-state index contributed by atoms with van der Waals surface area (Å²) in [6.07, 6.45) is 3.31. The normalized spacial score (nSPS) is 24.6. The molecule has 0 aromatic rings. The molecular formula is C13H26N2O. The van der Waals surface area contributed by atoms with Gasteiger partial charge in [0.15, 0.2) is 0 Å². The number of nitrogens with one attached hydrogen (secondary N) is 1. The molecule has 0 aromatic carbocycles. The molecule has 3 nitrogen and oxygen atoms in total. The van der Waals surface area contributed by atoms with Crippen LogP contribution in [0.1, 0.15) is 27.2 Å². The predicted molar refractivity (Wildman–Crippen MR) is 68.7 cm³/mol. The summed E-state index contributed by atoms with van der Waals surface area (Å²) in [5.74, 6) is 0. The Morgan fingerprint density at radius 2 is 2.25 bits per heavy atom. The molecule has 0 radical (unpaired) electrons. The molecule has 1 aliphatic heterocycles. The molecule has 0 aromatic heterocycles. The van der Waals surface area contributed by atoms with E-state index in [1.165, 1.54) is 0 Å². The molecule has 94 valence electrons. The molecule has 1 aliphatic rings. The molecular weight excluding hydrogens is 200 g/mol. The fraction of sp³-hybridized carbons (Fsp3) is 0.846. The van der Waals surface area contributed by atoms with Crippen LogP contribution in [0.2, 0.25) is 0 Å². The molecule has 0 spiro atoms. The molecule has 1 heterocycles. The smallest absolute Gasteiger partial charge is 0.0826 e. The van der Waals surface area contributed by atoms with E-state index in [4.69, 9.17) is 4.74 Å². The highest BCUT2D eigenvalue weighted by atomic mass is 16.5. The molecule has 1 fully saturated rings. The predicted octanol–water partition coefficient (Wildman–Crippen LogP) is 1.65. The van der Waals surface area contributed by atoms with Gasteiger partial charge in [0.2, 0.25) is 0 Å². The van der Waals surface area contributed by atoms with Crippen LogP contribution in [0.4, 0.5) is 0 Å². The van der Waals surface area contributed by atoms with Crippen LogP contribution in [0.15, 0.2) is 12.7 Å². The molecule has 2 atom stereocenters. The fourth-order valence-corrected chi connectivity index (χ4v) is 2.00. The third-order valence-corrected chi connectivity index (χ3v) is 3.11. The average Bonchev–Trinajstić information content (AvgIpc) is 2.27. The average molecular weight is 226 g/mol. The monoisotopic (exact) mass is 226 g/mol. The fourth-order valence-electron chi connectivity index (χ4n) is 2.00. The molecule has 2 unspecified atom stereocenters. The quantitative estimate of drug-likeness (QED) is 0.697. The molecule has 1 N–H and O–H groups in total. The van der Waals surface area contributed by atoms with E-state index in [9.17, 15) is 0 Å². The van der Waals surface area contributed by atoms with Gasteiger partial charge in [0.05, 0.1) is 12.7 Å². The van der Waals surface area contributed by atoms with Gasteiger partial charge < -0.3 is 10.1 Å². The number of hydrogen-bond acceptors (Lipinski definition) is 3. The first-order valence-electron chi connectivity index (χ1n) is 6.33. The second-order valence-corrected chi connectivity index (χ2v) is 4.92. The minimum atomic E-state index is 0.336. The molecule has 3 heteroatoms. The lowest BCUT2D eigenvalue weighted by Gasteiger charge is -2.36. The van der Waals surface area contributed by atoms with Gasteiger partial charge in [0.1, 0.15) is 0 Å². The van der Waals surface area contributed by atoms with Crippen LogP contribution in [0, 0.1) is 0 Å². The first kappa shape index (κ1) is 13.7. The Labute approximate surface area is 99.8 Å². The van der Waals surface area contributed by atoms with Crippen LogP contribution >= 0.6 is 0 Å². The second-order valence-electron chi connectivity index (χ2n) is 4.92. The third kappa shape index (κ3) is 4.64. The van der Waals surface area contributed by atoms with Crippen molar-refractivity contribution in [1.82, 2.24) is 10.2 Å². The van der Waals surface area contributed by atoms with Crippen molar-refractivity contribution < 1.29 is 4.74 Å². The number of hydrogen-bond donors (Lipinski definition) is 1. The third-order valence-electron chi connectivity index (χ3n) is 3.11. The summed E-state index contributed by atoms with van der Waals surface area (Å²) in [5.41, 5.74) is 0.